The zero-order valence-electron chi connectivity index (χ0n) is 22.0. The Bertz CT molecular complexity index is 1760. The Labute approximate surface area is 234 Å². The lowest BCUT2D eigenvalue weighted by Gasteiger charge is -2.15. The maximum Gasteiger partial charge on any atom is 0.284 e. The molecule has 0 saturated carbocycles. The van der Waals surface area contributed by atoms with Crippen molar-refractivity contribution in [2.45, 2.75) is 26.5 Å². The molecule has 0 aliphatic rings. The van der Waals surface area contributed by atoms with Gasteiger partial charge in [0.15, 0.2) is 0 Å². The first kappa shape index (κ1) is 26.9. The van der Waals surface area contributed by atoms with Crippen LogP contribution in [0.15, 0.2) is 77.9 Å². The second kappa shape index (κ2) is 11.2. The lowest BCUT2D eigenvalue weighted by molar-refractivity contribution is 0.102. The number of nitrogens with zero attached hydrogens (tertiary/aromatic N) is 4. The van der Waals surface area contributed by atoms with E-state index in [2.05, 4.69) is 15.3 Å². The number of aliphatic hydroxyl groups is 1. The highest BCUT2D eigenvalue weighted by atomic mass is 35.5. The van der Waals surface area contributed by atoms with Gasteiger partial charge >= 0.3 is 0 Å². The van der Waals surface area contributed by atoms with E-state index in [1.807, 2.05) is 18.2 Å². The SMILES string of the molecule is COc1ccc2c(Oc3ccc(NC(=O)c4c(C)n(C[C@@H](C)O)n(-c5cccc(Cl)c5)c4=O)nc3)ccnc2c1. The summed E-state index contributed by atoms with van der Waals surface area (Å²) in [6.07, 6.45) is 2.35. The molecule has 3 heterocycles. The molecule has 0 saturated heterocycles. The number of methoxy groups -OCH3 is 1. The first-order valence-corrected chi connectivity index (χ1v) is 12.8. The van der Waals surface area contributed by atoms with Crippen molar-refractivity contribution < 1.29 is 19.4 Å². The number of aromatic nitrogens is 4. The van der Waals surface area contributed by atoms with Gasteiger partial charge in [0, 0.05) is 22.7 Å². The summed E-state index contributed by atoms with van der Waals surface area (Å²) >= 11 is 6.15. The fourth-order valence-corrected chi connectivity index (χ4v) is 4.57. The number of aliphatic hydroxyl groups excluding tert-OH is 1. The van der Waals surface area contributed by atoms with Gasteiger partial charge in [-0.3, -0.25) is 19.3 Å². The topological polar surface area (TPSA) is 120 Å². The highest BCUT2D eigenvalue weighted by Crippen LogP contribution is 2.31. The van der Waals surface area contributed by atoms with Crippen molar-refractivity contribution in [3.05, 3.63) is 99.7 Å². The Kier molecular flexibility index (Phi) is 7.54. The average Bonchev–Trinajstić information content (AvgIpc) is 3.17. The second-order valence-corrected chi connectivity index (χ2v) is 9.55. The fourth-order valence-electron chi connectivity index (χ4n) is 4.38. The minimum absolute atomic E-state index is 0.0681. The summed E-state index contributed by atoms with van der Waals surface area (Å²) in [7, 11) is 1.59. The van der Waals surface area contributed by atoms with Crippen molar-refractivity contribution in [2.24, 2.45) is 0 Å². The first-order valence-electron chi connectivity index (χ1n) is 12.4. The van der Waals surface area contributed by atoms with Crippen LogP contribution in [-0.2, 0) is 6.54 Å². The lowest BCUT2D eigenvalue weighted by atomic mass is 10.2. The van der Waals surface area contributed by atoms with E-state index < -0.39 is 17.6 Å². The van der Waals surface area contributed by atoms with Gasteiger partial charge in [-0.15, -0.1) is 0 Å². The molecule has 204 valence electrons. The highest BCUT2D eigenvalue weighted by Gasteiger charge is 2.25. The van der Waals surface area contributed by atoms with E-state index in [0.29, 0.717) is 33.7 Å². The number of hydrogen-bond donors (Lipinski definition) is 2. The summed E-state index contributed by atoms with van der Waals surface area (Å²) in [6, 6.07) is 17.2. The summed E-state index contributed by atoms with van der Waals surface area (Å²) in [6.45, 7) is 3.35. The third-order valence-corrected chi connectivity index (χ3v) is 6.46. The third kappa shape index (κ3) is 5.40. The number of carbonyl (C=O) groups is 1. The Morgan fingerprint density at radius 1 is 1.10 bits per heavy atom. The van der Waals surface area contributed by atoms with E-state index in [1.54, 1.807) is 74.3 Å². The van der Waals surface area contributed by atoms with Gasteiger partial charge < -0.3 is 19.9 Å². The van der Waals surface area contributed by atoms with Gasteiger partial charge in [-0.2, -0.15) is 0 Å². The third-order valence-electron chi connectivity index (χ3n) is 6.23. The van der Waals surface area contributed by atoms with Crippen molar-refractivity contribution in [2.75, 3.05) is 12.4 Å². The van der Waals surface area contributed by atoms with Crippen LogP contribution in [0.25, 0.3) is 16.6 Å². The smallest absolute Gasteiger partial charge is 0.284 e. The molecule has 11 heteroatoms. The maximum atomic E-state index is 13.4. The molecule has 3 aromatic heterocycles. The number of ether oxygens (including phenoxy) is 2. The number of benzene rings is 2. The molecule has 1 amide bonds. The maximum absolute atomic E-state index is 13.4. The number of nitrogens with one attached hydrogen (secondary N) is 1. The predicted octanol–water partition coefficient (Wildman–Crippen LogP) is 4.98. The molecule has 0 unspecified atom stereocenters. The van der Waals surface area contributed by atoms with Crippen LogP contribution >= 0.6 is 11.6 Å². The van der Waals surface area contributed by atoms with Crippen LogP contribution in [0.5, 0.6) is 17.2 Å². The minimum Gasteiger partial charge on any atom is -0.497 e. The van der Waals surface area contributed by atoms with Gasteiger partial charge in [0.25, 0.3) is 11.5 Å². The second-order valence-electron chi connectivity index (χ2n) is 9.12. The molecule has 5 aromatic rings. The summed E-state index contributed by atoms with van der Waals surface area (Å²) in [4.78, 5) is 35.4. The monoisotopic (exact) mass is 559 g/mol. The van der Waals surface area contributed by atoms with Crippen LogP contribution < -0.4 is 20.3 Å². The van der Waals surface area contributed by atoms with Crippen LogP contribution in [0.4, 0.5) is 5.82 Å². The number of hydrogen-bond acceptors (Lipinski definition) is 7. The Balaban J connectivity index is 1.40. The van der Waals surface area contributed by atoms with E-state index in [-0.39, 0.29) is 17.9 Å². The number of carbonyl (C=O) groups excluding carboxylic acids is 1. The number of amides is 1. The van der Waals surface area contributed by atoms with Crippen molar-refractivity contribution >= 4 is 34.2 Å². The van der Waals surface area contributed by atoms with Crippen LogP contribution in [0.3, 0.4) is 0 Å². The van der Waals surface area contributed by atoms with Crippen LogP contribution in [-0.4, -0.2) is 43.6 Å². The quantitative estimate of drug-likeness (QED) is 0.275. The largest absolute Gasteiger partial charge is 0.497 e. The highest BCUT2D eigenvalue weighted by molar-refractivity contribution is 6.30. The lowest BCUT2D eigenvalue weighted by Crippen LogP contribution is -2.27. The summed E-state index contributed by atoms with van der Waals surface area (Å²) in [5, 5.41) is 14.0. The molecule has 1 atom stereocenters. The van der Waals surface area contributed by atoms with Gasteiger partial charge in [-0.1, -0.05) is 17.7 Å². The fraction of sp³-hybridized carbons (Fsp3) is 0.172. The van der Waals surface area contributed by atoms with Crippen molar-refractivity contribution in [1.29, 1.82) is 0 Å². The molecule has 0 spiro atoms. The van der Waals surface area contributed by atoms with E-state index >= 15 is 0 Å². The van der Waals surface area contributed by atoms with Gasteiger partial charge in [-0.05, 0) is 62.4 Å². The van der Waals surface area contributed by atoms with Crippen LogP contribution in [0.2, 0.25) is 5.02 Å². The van der Waals surface area contributed by atoms with Crippen LogP contribution in [0, 0.1) is 6.92 Å². The van der Waals surface area contributed by atoms with Gasteiger partial charge in [0.2, 0.25) is 0 Å². The molecule has 0 aliphatic carbocycles. The molecule has 0 radical (unpaired) electrons. The number of rotatable bonds is 8. The standard InChI is InChI=1S/C29H26ClN5O5/c1-17(36)16-34-18(2)27(29(38)35(34)20-6-4-5-19(30)13-20)28(37)33-26-10-8-22(15-32-26)40-25-11-12-31-24-14-21(39-3)7-9-23(24)25/h4-15,17,36H,16H2,1-3H3,(H,32,33,37)/t17-/m1/s1. The van der Waals surface area contributed by atoms with E-state index in [4.69, 9.17) is 21.1 Å². The summed E-state index contributed by atoms with van der Waals surface area (Å²) in [5.41, 5.74) is 0.974. The predicted molar refractivity (Wildman–Crippen MR) is 152 cm³/mol. The molecule has 0 fully saturated rings. The molecular formula is C29H26ClN5O5. The average molecular weight is 560 g/mol. The van der Waals surface area contributed by atoms with Crippen molar-refractivity contribution in [1.82, 2.24) is 19.3 Å². The van der Waals surface area contributed by atoms with Crippen LogP contribution in [0.1, 0.15) is 23.0 Å². The number of anilines is 1. The molecule has 2 N–H and O–H groups in total. The molecule has 0 aliphatic heterocycles. The first-order chi connectivity index (χ1) is 19.2. The normalized spacial score (nSPS) is 11.8. The Hall–Kier alpha value is -4.67. The van der Waals surface area contributed by atoms with Gasteiger partial charge in [-0.25, -0.2) is 9.67 Å². The number of halogens is 1. The Morgan fingerprint density at radius 2 is 1.90 bits per heavy atom. The van der Waals surface area contributed by atoms with Gasteiger partial charge in [0.1, 0.15) is 28.6 Å². The Morgan fingerprint density at radius 3 is 2.60 bits per heavy atom. The number of fused-ring (bicyclic) bond motifs is 1. The minimum atomic E-state index is -0.763. The van der Waals surface area contributed by atoms with Crippen molar-refractivity contribution in [3.63, 3.8) is 0 Å². The zero-order valence-corrected chi connectivity index (χ0v) is 22.7. The van der Waals surface area contributed by atoms with Crippen molar-refractivity contribution in [3.8, 4) is 22.9 Å². The molecule has 2 aromatic carbocycles. The van der Waals surface area contributed by atoms with E-state index in [1.165, 1.54) is 10.9 Å². The molecule has 10 nitrogen and oxygen atoms in total. The zero-order chi connectivity index (χ0) is 28.4. The molecule has 0 bridgehead atoms. The van der Waals surface area contributed by atoms with Gasteiger partial charge in [0.05, 0.1) is 42.9 Å². The molecule has 5 rings (SSSR count). The molecule has 40 heavy (non-hydrogen) atoms. The molecular weight excluding hydrogens is 534 g/mol. The van der Waals surface area contributed by atoms with E-state index in [9.17, 15) is 14.7 Å². The number of pyridine rings is 2. The summed E-state index contributed by atoms with van der Waals surface area (Å²) < 4.78 is 14.2. The van der Waals surface area contributed by atoms with E-state index in [0.717, 1.165) is 10.9 Å². The summed E-state index contributed by atoms with van der Waals surface area (Å²) in [5.74, 6) is 1.33.